The van der Waals surface area contributed by atoms with Gasteiger partial charge < -0.3 is 4.90 Å². The van der Waals surface area contributed by atoms with Crippen LogP contribution in [0.5, 0.6) is 0 Å². The van der Waals surface area contributed by atoms with Crippen LogP contribution in [-0.4, -0.2) is 44.2 Å². The Kier molecular flexibility index (Phi) is 5.37. The lowest BCUT2D eigenvalue weighted by Crippen LogP contribution is -2.45. The second-order valence-corrected chi connectivity index (χ2v) is 9.07. The molecule has 7 heteroatoms. The first-order valence-corrected chi connectivity index (χ1v) is 10.8. The highest BCUT2D eigenvalue weighted by Crippen LogP contribution is 2.25. The quantitative estimate of drug-likeness (QED) is 0.875. The van der Waals surface area contributed by atoms with E-state index in [2.05, 4.69) is 16.6 Å². The van der Waals surface area contributed by atoms with Crippen molar-refractivity contribution in [1.82, 2.24) is 9.62 Å². The van der Waals surface area contributed by atoms with E-state index in [4.69, 9.17) is 0 Å². The van der Waals surface area contributed by atoms with Gasteiger partial charge in [-0.3, -0.25) is 14.5 Å². The Balaban J connectivity index is 1.92. The molecule has 26 heavy (non-hydrogen) atoms. The van der Waals surface area contributed by atoms with E-state index in [1.165, 1.54) is 0 Å². The summed E-state index contributed by atoms with van der Waals surface area (Å²) in [7, 11) is -3.60. The fraction of sp³-hybridized carbons (Fsp3) is 0.579. The van der Waals surface area contributed by atoms with Crippen molar-refractivity contribution < 1.29 is 13.2 Å². The van der Waals surface area contributed by atoms with E-state index < -0.39 is 16.1 Å². The molecule has 1 aromatic rings. The predicted molar refractivity (Wildman–Crippen MR) is 102 cm³/mol. The van der Waals surface area contributed by atoms with Gasteiger partial charge in [0.2, 0.25) is 5.91 Å². The van der Waals surface area contributed by atoms with Gasteiger partial charge in [-0.05, 0) is 36.8 Å². The van der Waals surface area contributed by atoms with E-state index in [-0.39, 0.29) is 22.6 Å². The van der Waals surface area contributed by atoms with E-state index >= 15 is 0 Å². The smallest absolute Gasteiger partial charge is 0.263 e. The van der Waals surface area contributed by atoms with Gasteiger partial charge in [0.15, 0.2) is 0 Å². The number of hydrogen-bond acceptors (Lipinski definition) is 4. The topological polar surface area (TPSA) is 78.8 Å². The Morgan fingerprint density at radius 2 is 1.96 bits per heavy atom. The summed E-state index contributed by atoms with van der Waals surface area (Å²) >= 11 is 0. The number of fused-ring (bicyclic) bond motifs is 1. The summed E-state index contributed by atoms with van der Waals surface area (Å²) in [4.78, 5) is 19.8. The molecule has 1 saturated heterocycles. The predicted octanol–water partition coefficient (Wildman–Crippen LogP) is 2.40. The maximum Gasteiger partial charge on any atom is 0.263 e. The Hall–Kier alpha value is -1.89. The first-order chi connectivity index (χ1) is 12.3. The summed E-state index contributed by atoms with van der Waals surface area (Å²) in [5.74, 6) is 0.958. The van der Waals surface area contributed by atoms with Crippen molar-refractivity contribution in [1.29, 1.82) is 0 Å². The minimum Gasteiger partial charge on any atom is -0.341 e. The fourth-order valence-electron chi connectivity index (χ4n) is 3.43. The fourth-order valence-corrected chi connectivity index (χ4v) is 4.67. The number of likely N-dealkylation sites (tertiary alicyclic amines) is 1. The summed E-state index contributed by atoms with van der Waals surface area (Å²) in [5, 5.41) is 0. The summed E-state index contributed by atoms with van der Waals surface area (Å²) in [6.45, 7) is 7.73. The monoisotopic (exact) mass is 377 g/mol. The van der Waals surface area contributed by atoms with E-state index in [1.54, 1.807) is 24.3 Å². The number of piperidine rings is 1. The molecule has 1 fully saturated rings. The number of carbonyl (C=O) groups excluding carboxylic acids is 1. The van der Waals surface area contributed by atoms with Crippen LogP contribution < -0.4 is 4.72 Å². The van der Waals surface area contributed by atoms with Crippen molar-refractivity contribution in [2.24, 2.45) is 16.8 Å². The maximum absolute atomic E-state index is 13.1. The Morgan fingerprint density at radius 3 is 2.62 bits per heavy atom. The Labute approximate surface area is 155 Å². The zero-order chi connectivity index (χ0) is 18.9. The van der Waals surface area contributed by atoms with Crippen LogP contribution in [0.15, 0.2) is 34.2 Å². The molecule has 1 amide bonds. The zero-order valence-electron chi connectivity index (χ0n) is 15.6. The van der Waals surface area contributed by atoms with Crippen molar-refractivity contribution in [2.75, 3.05) is 13.1 Å². The molecule has 6 nitrogen and oxygen atoms in total. The minimum atomic E-state index is -3.60. The molecule has 0 aliphatic carbocycles. The van der Waals surface area contributed by atoms with Gasteiger partial charge in [-0.25, -0.2) is 8.42 Å². The Bertz CT molecular complexity index is 811. The molecule has 2 heterocycles. The van der Waals surface area contributed by atoms with Gasteiger partial charge >= 0.3 is 0 Å². The molecule has 3 rings (SSSR count). The average Bonchev–Trinajstić information content (AvgIpc) is 2.90. The number of benzene rings is 1. The maximum atomic E-state index is 13.1. The van der Waals surface area contributed by atoms with Gasteiger partial charge in [-0.15, -0.1) is 0 Å². The molecule has 1 N–H and O–H groups in total. The molecule has 1 aromatic carbocycles. The number of hydrogen-bond donors (Lipinski definition) is 1. The number of amidine groups is 1. The first kappa shape index (κ1) is 18.9. The highest BCUT2D eigenvalue weighted by molar-refractivity contribution is 7.90. The highest BCUT2D eigenvalue weighted by atomic mass is 32.2. The summed E-state index contributed by atoms with van der Waals surface area (Å²) < 4.78 is 27.1. The third-order valence-corrected chi connectivity index (χ3v) is 6.86. The number of carbonyl (C=O) groups is 1. The molecule has 2 aliphatic rings. The first-order valence-electron chi connectivity index (χ1n) is 9.32. The second kappa shape index (κ2) is 7.39. The molecule has 2 aliphatic heterocycles. The highest BCUT2D eigenvalue weighted by Gasteiger charge is 2.35. The van der Waals surface area contributed by atoms with Crippen LogP contribution in [0.2, 0.25) is 0 Å². The van der Waals surface area contributed by atoms with Gasteiger partial charge in [0, 0.05) is 18.7 Å². The van der Waals surface area contributed by atoms with Gasteiger partial charge in [-0.2, -0.15) is 0 Å². The van der Waals surface area contributed by atoms with Crippen LogP contribution in [0.3, 0.4) is 0 Å². The SMILES string of the molecule is CC[C@@H](C)[C@@H](N=C1NS(=O)(=O)c2ccccc21)C(=O)N1CCC(C)CC1. The Morgan fingerprint density at radius 1 is 1.31 bits per heavy atom. The largest absolute Gasteiger partial charge is 0.341 e. The van der Waals surface area contributed by atoms with Crippen molar-refractivity contribution in [3.05, 3.63) is 29.8 Å². The third-order valence-electron chi connectivity index (χ3n) is 5.46. The number of amides is 1. The number of aliphatic imine (C=N–C) groups is 1. The molecule has 0 saturated carbocycles. The van der Waals surface area contributed by atoms with Crippen LogP contribution in [0, 0.1) is 11.8 Å². The molecule has 0 spiro atoms. The van der Waals surface area contributed by atoms with Crippen molar-refractivity contribution in [3.8, 4) is 0 Å². The van der Waals surface area contributed by atoms with Crippen molar-refractivity contribution >= 4 is 21.8 Å². The van der Waals surface area contributed by atoms with Crippen LogP contribution >= 0.6 is 0 Å². The van der Waals surface area contributed by atoms with E-state index in [9.17, 15) is 13.2 Å². The number of nitrogens with zero attached hydrogens (tertiary/aromatic N) is 2. The normalized spacial score (nSPS) is 23.3. The molecule has 2 atom stereocenters. The average molecular weight is 378 g/mol. The molecular formula is C19H27N3O3S. The second-order valence-electron chi connectivity index (χ2n) is 7.42. The number of rotatable bonds is 4. The van der Waals surface area contributed by atoms with Gasteiger partial charge in [-0.1, -0.05) is 39.3 Å². The zero-order valence-corrected chi connectivity index (χ0v) is 16.4. The van der Waals surface area contributed by atoms with Crippen molar-refractivity contribution in [2.45, 2.75) is 51.0 Å². The minimum absolute atomic E-state index is 0.00216. The van der Waals surface area contributed by atoms with Crippen molar-refractivity contribution in [3.63, 3.8) is 0 Å². The van der Waals surface area contributed by atoms with Gasteiger partial charge in [0.25, 0.3) is 10.0 Å². The molecular weight excluding hydrogens is 350 g/mol. The van der Waals surface area contributed by atoms with Crippen LogP contribution in [-0.2, 0) is 14.8 Å². The van der Waals surface area contributed by atoms with Crippen LogP contribution in [0.4, 0.5) is 0 Å². The van der Waals surface area contributed by atoms with E-state index in [0.29, 0.717) is 11.5 Å². The molecule has 0 radical (unpaired) electrons. The molecule has 0 bridgehead atoms. The number of nitrogens with one attached hydrogen (secondary N) is 1. The lowest BCUT2D eigenvalue weighted by Gasteiger charge is -2.33. The summed E-state index contributed by atoms with van der Waals surface area (Å²) in [6.07, 6.45) is 2.81. The standard InChI is InChI=1S/C19H27N3O3S/c1-4-14(3)17(19(23)22-11-9-13(2)10-12-22)20-18-15-7-5-6-8-16(15)26(24,25)21-18/h5-8,13-14,17H,4,9-12H2,1-3H3,(H,20,21)/t14-,17-/m1/s1. The lowest BCUT2D eigenvalue weighted by atomic mass is 9.95. The van der Waals surface area contributed by atoms with Gasteiger partial charge in [0.05, 0.1) is 4.90 Å². The molecule has 142 valence electrons. The third kappa shape index (κ3) is 3.63. The van der Waals surface area contributed by atoms with E-state index in [1.807, 2.05) is 18.7 Å². The number of sulfonamides is 1. The lowest BCUT2D eigenvalue weighted by molar-refractivity contribution is -0.135. The molecule has 0 unspecified atom stereocenters. The summed E-state index contributed by atoms with van der Waals surface area (Å²) in [5.41, 5.74) is 0.542. The van der Waals surface area contributed by atoms with Gasteiger partial charge in [0.1, 0.15) is 11.9 Å². The van der Waals surface area contributed by atoms with E-state index in [0.717, 1.165) is 32.4 Å². The molecule has 0 aromatic heterocycles. The van der Waals surface area contributed by atoms with Crippen LogP contribution in [0.1, 0.15) is 45.6 Å². The van der Waals surface area contributed by atoms with Crippen LogP contribution in [0.25, 0.3) is 0 Å². The summed E-state index contributed by atoms with van der Waals surface area (Å²) in [6, 6.07) is 6.19.